The molecule has 23 heavy (non-hydrogen) atoms. The Morgan fingerprint density at radius 2 is 2.09 bits per heavy atom. The lowest BCUT2D eigenvalue weighted by atomic mass is 9.96. The molecule has 3 rings (SSSR count). The zero-order valence-electron chi connectivity index (χ0n) is 12.6. The van der Waals surface area contributed by atoms with Gasteiger partial charge in [0.15, 0.2) is 5.54 Å². The molecule has 0 aliphatic carbocycles. The first-order valence-corrected chi connectivity index (χ1v) is 7.24. The molecule has 3 heterocycles. The summed E-state index contributed by atoms with van der Waals surface area (Å²) in [6.45, 7) is 4.01. The Hall–Kier alpha value is -2.04. The van der Waals surface area contributed by atoms with E-state index in [9.17, 15) is 13.2 Å². The van der Waals surface area contributed by atoms with Gasteiger partial charge in [0, 0.05) is 5.92 Å². The summed E-state index contributed by atoms with van der Waals surface area (Å²) >= 11 is 0. The van der Waals surface area contributed by atoms with Crippen LogP contribution in [0.15, 0.2) is 4.42 Å². The third-order valence-electron chi connectivity index (χ3n) is 3.73. The molecule has 0 spiro atoms. The quantitative estimate of drug-likeness (QED) is 0.904. The summed E-state index contributed by atoms with van der Waals surface area (Å²) in [6, 6.07) is 0. The molecule has 1 fully saturated rings. The molecule has 0 aromatic carbocycles. The SMILES string of the molecule is CC(C)c1nnc(Cn2nnc(C3(C(F)(F)F)CCCN3)n2)o1. The van der Waals surface area contributed by atoms with Crippen LogP contribution in [0.2, 0.25) is 0 Å². The molecule has 11 heteroatoms. The molecular formula is C12H16F3N7O. The van der Waals surface area contributed by atoms with Gasteiger partial charge in [0.25, 0.3) is 0 Å². The summed E-state index contributed by atoms with van der Waals surface area (Å²) in [5, 5.41) is 21.3. The lowest BCUT2D eigenvalue weighted by Gasteiger charge is -2.28. The summed E-state index contributed by atoms with van der Waals surface area (Å²) in [7, 11) is 0. The van der Waals surface area contributed by atoms with Gasteiger partial charge in [0.2, 0.25) is 17.6 Å². The van der Waals surface area contributed by atoms with E-state index in [4.69, 9.17) is 4.42 Å². The third kappa shape index (κ3) is 2.80. The first-order chi connectivity index (χ1) is 10.8. The lowest BCUT2D eigenvalue weighted by molar-refractivity contribution is -0.198. The second-order valence-electron chi connectivity index (χ2n) is 5.77. The van der Waals surface area contributed by atoms with Crippen LogP contribution in [0, 0.1) is 0 Å². The van der Waals surface area contributed by atoms with E-state index in [1.54, 1.807) is 0 Å². The number of alkyl halides is 3. The van der Waals surface area contributed by atoms with Crippen LogP contribution in [-0.2, 0) is 12.1 Å². The van der Waals surface area contributed by atoms with Gasteiger partial charge >= 0.3 is 6.18 Å². The number of hydrogen-bond donors (Lipinski definition) is 1. The number of tetrazole rings is 1. The predicted octanol–water partition coefficient (Wildman–Crippen LogP) is 1.37. The van der Waals surface area contributed by atoms with Crippen LogP contribution in [0.3, 0.4) is 0 Å². The van der Waals surface area contributed by atoms with Crippen molar-refractivity contribution in [2.24, 2.45) is 0 Å². The maximum absolute atomic E-state index is 13.4. The van der Waals surface area contributed by atoms with Crippen LogP contribution in [0.4, 0.5) is 13.2 Å². The van der Waals surface area contributed by atoms with Gasteiger partial charge in [-0.2, -0.15) is 18.0 Å². The monoisotopic (exact) mass is 331 g/mol. The molecule has 0 radical (unpaired) electrons. The Morgan fingerprint density at radius 3 is 2.65 bits per heavy atom. The molecule has 0 amide bonds. The number of aromatic nitrogens is 6. The Morgan fingerprint density at radius 1 is 1.30 bits per heavy atom. The highest BCUT2D eigenvalue weighted by atomic mass is 19.4. The van der Waals surface area contributed by atoms with E-state index < -0.39 is 11.7 Å². The van der Waals surface area contributed by atoms with E-state index in [2.05, 4.69) is 30.9 Å². The maximum atomic E-state index is 13.4. The van der Waals surface area contributed by atoms with E-state index in [1.807, 2.05) is 13.8 Å². The van der Waals surface area contributed by atoms with Gasteiger partial charge in [0.05, 0.1) is 0 Å². The van der Waals surface area contributed by atoms with Crippen molar-refractivity contribution in [3.8, 4) is 0 Å². The van der Waals surface area contributed by atoms with Crippen LogP contribution >= 0.6 is 0 Å². The van der Waals surface area contributed by atoms with Crippen LogP contribution in [-0.4, -0.2) is 43.1 Å². The molecule has 2 aromatic heterocycles. The molecule has 1 aliphatic heterocycles. The van der Waals surface area contributed by atoms with Crippen LogP contribution in [0.25, 0.3) is 0 Å². The molecule has 1 atom stereocenters. The van der Waals surface area contributed by atoms with Gasteiger partial charge in [-0.3, -0.25) is 5.32 Å². The summed E-state index contributed by atoms with van der Waals surface area (Å²) < 4.78 is 45.6. The Kier molecular flexibility index (Phi) is 3.82. The Balaban J connectivity index is 1.82. The second kappa shape index (κ2) is 5.55. The van der Waals surface area contributed by atoms with E-state index in [0.717, 1.165) is 4.80 Å². The van der Waals surface area contributed by atoms with Gasteiger partial charge in [0.1, 0.15) is 6.54 Å². The minimum absolute atomic E-state index is 0.0271. The van der Waals surface area contributed by atoms with Crippen molar-refractivity contribution in [1.82, 2.24) is 35.7 Å². The molecule has 0 saturated carbocycles. The molecule has 0 bridgehead atoms. The topological polar surface area (TPSA) is 94.5 Å². The molecule has 2 aromatic rings. The summed E-state index contributed by atoms with van der Waals surface area (Å²) in [4.78, 5) is 1.03. The van der Waals surface area contributed by atoms with Gasteiger partial charge in [-0.25, -0.2) is 0 Å². The van der Waals surface area contributed by atoms with E-state index in [1.165, 1.54) is 0 Å². The molecule has 1 N–H and O–H groups in total. The highest BCUT2D eigenvalue weighted by Crippen LogP contribution is 2.43. The van der Waals surface area contributed by atoms with Crippen molar-refractivity contribution < 1.29 is 17.6 Å². The van der Waals surface area contributed by atoms with Gasteiger partial charge in [-0.1, -0.05) is 13.8 Å². The number of nitrogens with zero attached hydrogens (tertiary/aromatic N) is 6. The average molecular weight is 331 g/mol. The Bertz CT molecular complexity index is 672. The number of rotatable bonds is 4. The molecule has 8 nitrogen and oxygen atoms in total. The van der Waals surface area contributed by atoms with Gasteiger partial charge < -0.3 is 4.42 Å². The summed E-state index contributed by atoms with van der Waals surface area (Å²) in [5.41, 5.74) is -2.23. The average Bonchev–Trinajstić information content (AvgIpc) is 3.18. The molecule has 126 valence electrons. The summed E-state index contributed by atoms with van der Waals surface area (Å²) in [5.74, 6) is 0.348. The Labute approximate surface area is 129 Å². The number of halogens is 3. The van der Waals surface area contributed by atoms with Crippen molar-refractivity contribution in [2.45, 2.75) is 50.9 Å². The maximum Gasteiger partial charge on any atom is 0.414 e. The predicted molar refractivity (Wildman–Crippen MR) is 70.3 cm³/mol. The fraction of sp³-hybridized carbons (Fsp3) is 0.750. The summed E-state index contributed by atoms with van der Waals surface area (Å²) in [6.07, 6.45) is -4.21. The molecule has 1 aliphatic rings. The minimum atomic E-state index is -4.49. The van der Waals surface area contributed by atoms with Gasteiger partial charge in [-0.05, 0) is 24.6 Å². The minimum Gasteiger partial charge on any atom is -0.423 e. The fourth-order valence-corrected chi connectivity index (χ4v) is 2.47. The molecule has 1 saturated heterocycles. The normalized spacial score (nSPS) is 22.2. The first-order valence-electron chi connectivity index (χ1n) is 7.24. The largest absolute Gasteiger partial charge is 0.423 e. The van der Waals surface area contributed by atoms with Crippen molar-refractivity contribution in [2.75, 3.05) is 6.54 Å². The van der Waals surface area contributed by atoms with Crippen molar-refractivity contribution >= 4 is 0 Å². The first kappa shape index (κ1) is 15.8. The molecule has 1 unspecified atom stereocenters. The smallest absolute Gasteiger partial charge is 0.414 e. The zero-order valence-corrected chi connectivity index (χ0v) is 12.6. The fourth-order valence-electron chi connectivity index (χ4n) is 2.47. The second-order valence-corrected chi connectivity index (χ2v) is 5.77. The number of nitrogens with one attached hydrogen (secondary N) is 1. The van der Waals surface area contributed by atoms with Crippen LogP contribution in [0.5, 0.6) is 0 Å². The van der Waals surface area contributed by atoms with Crippen molar-refractivity contribution in [1.29, 1.82) is 0 Å². The van der Waals surface area contributed by atoms with Crippen LogP contribution in [0.1, 0.15) is 50.2 Å². The number of hydrogen-bond acceptors (Lipinski definition) is 7. The van der Waals surface area contributed by atoms with E-state index in [0.29, 0.717) is 12.3 Å². The van der Waals surface area contributed by atoms with E-state index in [-0.39, 0.29) is 37.1 Å². The van der Waals surface area contributed by atoms with Crippen LogP contribution < -0.4 is 5.32 Å². The van der Waals surface area contributed by atoms with Crippen molar-refractivity contribution in [3.05, 3.63) is 17.6 Å². The highest BCUT2D eigenvalue weighted by molar-refractivity contribution is 5.11. The lowest BCUT2D eigenvalue weighted by Crippen LogP contribution is -2.50. The van der Waals surface area contributed by atoms with E-state index >= 15 is 0 Å². The zero-order chi connectivity index (χ0) is 16.7. The molecular weight excluding hydrogens is 315 g/mol. The highest BCUT2D eigenvalue weighted by Gasteiger charge is 2.60. The standard InChI is InChI=1S/C12H16F3N7O/c1-7(2)9-18-17-8(23-9)6-22-20-10(19-21-22)11(12(13,14)15)4-3-5-16-11/h7,16H,3-6H2,1-2H3. The van der Waals surface area contributed by atoms with Gasteiger partial charge in [-0.15, -0.1) is 20.4 Å². The third-order valence-corrected chi connectivity index (χ3v) is 3.73. The van der Waals surface area contributed by atoms with Crippen molar-refractivity contribution in [3.63, 3.8) is 0 Å².